The number of hydrogen-bond acceptors (Lipinski definition) is 7. The van der Waals surface area contributed by atoms with Crippen LogP contribution in [0.25, 0.3) is 0 Å². The fourth-order valence-electron chi connectivity index (χ4n) is 5.76. The second-order valence-electron chi connectivity index (χ2n) is 10.1. The summed E-state index contributed by atoms with van der Waals surface area (Å²) in [5, 5.41) is 14.6. The van der Waals surface area contributed by atoms with E-state index >= 15 is 0 Å². The summed E-state index contributed by atoms with van der Waals surface area (Å²) in [5.74, 6) is 0.980. The van der Waals surface area contributed by atoms with Gasteiger partial charge >= 0.3 is 0 Å². The molecule has 2 aliphatic heterocycles. The van der Waals surface area contributed by atoms with Gasteiger partial charge in [0.2, 0.25) is 5.91 Å². The number of nitrogens with zero attached hydrogens (tertiary/aromatic N) is 3. The lowest BCUT2D eigenvalue weighted by Crippen LogP contribution is -2.61. The van der Waals surface area contributed by atoms with Crippen LogP contribution in [0.4, 0.5) is 11.4 Å². The van der Waals surface area contributed by atoms with Gasteiger partial charge in [0.15, 0.2) is 11.5 Å². The maximum Gasteiger partial charge on any atom is 0.269 e. The first kappa shape index (κ1) is 26.5. The highest BCUT2D eigenvalue weighted by molar-refractivity contribution is 5.82. The number of carbonyl (C=O) groups excluding carboxylic acids is 1. The molecule has 0 aliphatic carbocycles. The van der Waals surface area contributed by atoms with Crippen molar-refractivity contribution in [3.05, 3.63) is 93.5 Å². The highest BCUT2D eigenvalue weighted by Gasteiger charge is 2.41. The van der Waals surface area contributed by atoms with Gasteiger partial charge in [-0.05, 0) is 47.7 Å². The molecule has 1 fully saturated rings. The van der Waals surface area contributed by atoms with Crippen LogP contribution in [-0.2, 0) is 24.2 Å². The molecule has 3 aromatic rings. The van der Waals surface area contributed by atoms with Gasteiger partial charge < -0.3 is 19.7 Å². The molecule has 3 aromatic carbocycles. The Morgan fingerprint density at radius 2 is 1.79 bits per heavy atom. The summed E-state index contributed by atoms with van der Waals surface area (Å²) < 4.78 is 10.7. The molecule has 2 heterocycles. The molecule has 0 saturated carbocycles. The van der Waals surface area contributed by atoms with E-state index in [1.807, 2.05) is 42.5 Å². The van der Waals surface area contributed by atoms with Crippen molar-refractivity contribution in [2.75, 3.05) is 45.3 Å². The van der Waals surface area contributed by atoms with Gasteiger partial charge in [-0.3, -0.25) is 19.8 Å². The number of nitro benzene ring substituents is 1. The van der Waals surface area contributed by atoms with Crippen molar-refractivity contribution < 1.29 is 19.2 Å². The van der Waals surface area contributed by atoms with E-state index < -0.39 is 0 Å². The van der Waals surface area contributed by atoms with E-state index in [-0.39, 0.29) is 28.5 Å². The predicted molar refractivity (Wildman–Crippen MR) is 149 cm³/mol. The minimum Gasteiger partial charge on any atom is -0.493 e. The summed E-state index contributed by atoms with van der Waals surface area (Å²) >= 11 is 0. The van der Waals surface area contributed by atoms with Crippen molar-refractivity contribution in [3.63, 3.8) is 0 Å². The number of benzene rings is 3. The summed E-state index contributed by atoms with van der Waals surface area (Å²) in [6, 6.07) is 21.1. The van der Waals surface area contributed by atoms with Crippen LogP contribution >= 0.6 is 0 Å². The predicted octanol–water partition coefficient (Wildman–Crippen LogP) is 3.83. The SMILES string of the molecule is COc1ccc(CCNC(=O)[C@@H]2Cc3cc([N+](=O)[O-])ccc3N3CCN(Cc4ccccc4)C[C@@H]23)cc1OC. The maximum atomic E-state index is 13.6. The molecule has 9 nitrogen and oxygen atoms in total. The van der Waals surface area contributed by atoms with Gasteiger partial charge in [0.1, 0.15) is 0 Å². The number of methoxy groups -OCH3 is 2. The van der Waals surface area contributed by atoms with Crippen LogP contribution in [-0.4, -0.2) is 62.2 Å². The summed E-state index contributed by atoms with van der Waals surface area (Å²) in [6.45, 7) is 3.67. The van der Waals surface area contributed by atoms with Crippen LogP contribution in [0.2, 0.25) is 0 Å². The zero-order chi connectivity index (χ0) is 27.4. The molecule has 39 heavy (non-hydrogen) atoms. The number of rotatable bonds is 9. The summed E-state index contributed by atoms with van der Waals surface area (Å²) in [6.07, 6.45) is 1.12. The second kappa shape index (κ2) is 11.7. The molecule has 0 aromatic heterocycles. The molecule has 0 unspecified atom stereocenters. The Hall–Kier alpha value is -4.11. The zero-order valence-corrected chi connectivity index (χ0v) is 22.3. The Labute approximate surface area is 228 Å². The van der Waals surface area contributed by atoms with Gasteiger partial charge in [-0.15, -0.1) is 0 Å². The van der Waals surface area contributed by atoms with E-state index in [4.69, 9.17) is 9.47 Å². The zero-order valence-electron chi connectivity index (χ0n) is 22.3. The summed E-state index contributed by atoms with van der Waals surface area (Å²) in [7, 11) is 3.20. The van der Waals surface area contributed by atoms with Crippen molar-refractivity contribution >= 4 is 17.3 Å². The molecule has 204 valence electrons. The van der Waals surface area contributed by atoms with E-state index in [1.54, 1.807) is 26.4 Å². The molecule has 1 amide bonds. The van der Waals surface area contributed by atoms with Crippen molar-refractivity contribution in [1.82, 2.24) is 10.2 Å². The third-order valence-corrected chi connectivity index (χ3v) is 7.74. The molecular formula is C30H34N4O5. The number of nitrogens with one attached hydrogen (secondary N) is 1. The fraction of sp³-hybridized carbons (Fsp3) is 0.367. The lowest BCUT2D eigenvalue weighted by atomic mass is 9.83. The van der Waals surface area contributed by atoms with Gasteiger partial charge in [0, 0.05) is 50.5 Å². The second-order valence-corrected chi connectivity index (χ2v) is 10.1. The van der Waals surface area contributed by atoms with Crippen LogP contribution < -0.4 is 19.7 Å². The number of hydrogen-bond donors (Lipinski definition) is 1. The van der Waals surface area contributed by atoms with E-state index in [0.29, 0.717) is 30.9 Å². The third-order valence-electron chi connectivity index (χ3n) is 7.74. The number of piperazine rings is 1. The van der Waals surface area contributed by atoms with Gasteiger partial charge in [-0.1, -0.05) is 36.4 Å². The Morgan fingerprint density at radius 3 is 2.54 bits per heavy atom. The molecule has 9 heteroatoms. The Balaban J connectivity index is 1.32. The minimum absolute atomic E-state index is 0.0162. The number of non-ortho nitro benzene ring substituents is 1. The lowest BCUT2D eigenvalue weighted by molar-refractivity contribution is -0.384. The molecule has 2 atom stereocenters. The average Bonchev–Trinajstić information content (AvgIpc) is 2.96. The van der Waals surface area contributed by atoms with Crippen LogP contribution in [0.15, 0.2) is 66.7 Å². The van der Waals surface area contributed by atoms with Crippen molar-refractivity contribution in [2.45, 2.75) is 25.4 Å². The minimum atomic E-state index is -0.373. The van der Waals surface area contributed by atoms with E-state index in [9.17, 15) is 14.9 Å². The van der Waals surface area contributed by atoms with Crippen LogP contribution in [0.3, 0.4) is 0 Å². The standard InChI is InChI=1S/C30H34N4O5/c1-38-28-11-8-21(16-29(28)39-2)12-13-31-30(35)25-18-23-17-24(34(36)37)9-10-26(23)33-15-14-32(20-27(25)33)19-22-6-4-3-5-7-22/h3-11,16-17,25,27H,12-15,18-20H2,1-2H3,(H,31,35)/t25-,27+/m1/s1. The van der Waals surface area contributed by atoms with Gasteiger partial charge in [0.05, 0.1) is 31.1 Å². The normalized spacial score (nSPS) is 18.6. The van der Waals surface area contributed by atoms with E-state index in [1.165, 1.54) is 5.56 Å². The highest BCUT2D eigenvalue weighted by Crippen LogP contribution is 2.38. The molecule has 2 aliphatic rings. The van der Waals surface area contributed by atoms with Crippen molar-refractivity contribution in [1.29, 1.82) is 0 Å². The van der Waals surface area contributed by atoms with Crippen molar-refractivity contribution in [2.24, 2.45) is 5.92 Å². The van der Waals surface area contributed by atoms with Gasteiger partial charge in [0.25, 0.3) is 5.69 Å². The molecule has 5 rings (SSSR count). The molecular weight excluding hydrogens is 496 g/mol. The topological polar surface area (TPSA) is 97.2 Å². The smallest absolute Gasteiger partial charge is 0.269 e. The number of anilines is 1. The molecule has 0 radical (unpaired) electrons. The third kappa shape index (κ3) is 5.83. The highest BCUT2D eigenvalue weighted by atomic mass is 16.6. The monoisotopic (exact) mass is 530 g/mol. The first-order chi connectivity index (χ1) is 19.0. The van der Waals surface area contributed by atoms with Crippen molar-refractivity contribution in [3.8, 4) is 11.5 Å². The van der Waals surface area contributed by atoms with E-state index in [0.717, 1.165) is 43.0 Å². The Morgan fingerprint density at radius 1 is 1.00 bits per heavy atom. The first-order valence-corrected chi connectivity index (χ1v) is 13.3. The number of amides is 1. The molecule has 0 bridgehead atoms. The number of ether oxygens (including phenoxy) is 2. The molecule has 0 spiro atoms. The number of fused-ring (bicyclic) bond motifs is 3. The largest absolute Gasteiger partial charge is 0.493 e. The average molecular weight is 531 g/mol. The molecule has 1 saturated heterocycles. The van der Waals surface area contributed by atoms with Crippen LogP contribution in [0.5, 0.6) is 11.5 Å². The van der Waals surface area contributed by atoms with E-state index in [2.05, 4.69) is 27.2 Å². The van der Waals surface area contributed by atoms with Crippen LogP contribution in [0, 0.1) is 16.0 Å². The quantitative estimate of drug-likeness (QED) is 0.332. The maximum absolute atomic E-state index is 13.6. The first-order valence-electron chi connectivity index (χ1n) is 13.3. The molecule has 1 N–H and O–H groups in total. The lowest BCUT2D eigenvalue weighted by Gasteiger charge is -2.49. The number of nitro groups is 1. The Bertz CT molecular complexity index is 1330. The summed E-state index contributed by atoms with van der Waals surface area (Å²) in [5.41, 5.74) is 4.19. The van der Waals surface area contributed by atoms with Gasteiger partial charge in [-0.25, -0.2) is 0 Å². The number of carbonyl (C=O) groups is 1. The Kier molecular flexibility index (Phi) is 7.97. The van der Waals surface area contributed by atoms with Gasteiger partial charge in [-0.2, -0.15) is 0 Å². The summed E-state index contributed by atoms with van der Waals surface area (Å²) in [4.78, 5) is 29.4. The fourth-order valence-corrected chi connectivity index (χ4v) is 5.76. The van der Waals surface area contributed by atoms with Crippen LogP contribution in [0.1, 0.15) is 16.7 Å².